The smallest absolute Gasteiger partial charge is 0.141 e. The fraction of sp³-hybridized carbons (Fsp3) is 0.750. The van der Waals surface area contributed by atoms with Crippen molar-refractivity contribution in [2.24, 2.45) is 5.92 Å². The van der Waals surface area contributed by atoms with E-state index in [4.69, 9.17) is 0 Å². The lowest BCUT2D eigenvalue weighted by Crippen LogP contribution is -2.19. The topological polar surface area (TPSA) is 53.6 Å². The Morgan fingerprint density at radius 2 is 2.33 bits per heavy atom. The third kappa shape index (κ3) is 2.30. The molecule has 0 aromatic carbocycles. The number of aromatic amines is 1. The highest BCUT2D eigenvalue weighted by molar-refractivity contribution is 4.90. The number of rotatable bonds is 4. The Balaban J connectivity index is 2.57. The second-order valence-corrected chi connectivity index (χ2v) is 3.34. The number of nitrogens with zero attached hydrogens (tertiary/aromatic N) is 2. The summed E-state index contributed by atoms with van der Waals surface area (Å²) in [4.78, 5) is 4.11. The number of hydrogen-bond donors (Lipinski definition) is 2. The van der Waals surface area contributed by atoms with Gasteiger partial charge in [-0.25, -0.2) is 4.98 Å². The van der Waals surface area contributed by atoms with Gasteiger partial charge >= 0.3 is 0 Å². The van der Waals surface area contributed by atoms with E-state index < -0.39 is 0 Å². The summed E-state index contributed by atoms with van der Waals surface area (Å²) < 4.78 is 0. The third-order valence-corrected chi connectivity index (χ3v) is 1.82. The van der Waals surface area contributed by atoms with E-state index in [9.17, 15) is 0 Å². The fourth-order valence-corrected chi connectivity index (χ4v) is 1.22. The molecule has 0 spiro atoms. The maximum absolute atomic E-state index is 4.11. The molecule has 0 bridgehead atoms. The molecule has 4 nitrogen and oxygen atoms in total. The van der Waals surface area contributed by atoms with Crippen LogP contribution in [0.25, 0.3) is 0 Å². The largest absolute Gasteiger partial charge is 0.310 e. The van der Waals surface area contributed by atoms with Crippen LogP contribution in [0.4, 0.5) is 0 Å². The minimum Gasteiger partial charge on any atom is -0.310 e. The Morgan fingerprint density at radius 3 is 2.75 bits per heavy atom. The monoisotopic (exact) mass is 168 g/mol. The molecule has 1 unspecified atom stereocenters. The molecule has 12 heavy (non-hydrogen) atoms. The Labute approximate surface area is 72.8 Å². The molecule has 1 aromatic heterocycles. The summed E-state index contributed by atoms with van der Waals surface area (Å²) in [5, 5.41) is 9.89. The van der Waals surface area contributed by atoms with Crippen molar-refractivity contribution in [3.8, 4) is 0 Å². The van der Waals surface area contributed by atoms with Gasteiger partial charge in [-0.2, -0.15) is 5.10 Å². The SMILES string of the molecule is CNC(CC(C)C)c1ncn[nH]1. The highest BCUT2D eigenvalue weighted by Crippen LogP contribution is 2.16. The van der Waals surface area contributed by atoms with Crippen molar-refractivity contribution in [1.82, 2.24) is 20.5 Å². The van der Waals surface area contributed by atoms with Gasteiger partial charge in [0.05, 0.1) is 6.04 Å². The molecule has 0 aliphatic rings. The lowest BCUT2D eigenvalue weighted by atomic mass is 10.0. The second kappa shape index (κ2) is 4.21. The van der Waals surface area contributed by atoms with Crippen LogP contribution in [0.5, 0.6) is 0 Å². The van der Waals surface area contributed by atoms with Crippen LogP contribution in [-0.4, -0.2) is 22.2 Å². The molecule has 1 aromatic rings. The van der Waals surface area contributed by atoms with Gasteiger partial charge in [-0.1, -0.05) is 13.8 Å². The maximum Gasteiger partial charge on any atom is 0.141 e. The first kappa shape index (κ1) is 9.19. The van der Waals surface area contributed by atoms with Crippen LogP contribution in [0, 0.1) is 5.92 Å². The highest BCUT2D eigenvalue weighted by atomic mass is 15.2. The van der Waals surface area contributed by atoms with E-state index in [0.717, 1.165) is 12.2 Å². The van der Waals surface area contributed by atoms with Gasteiger partial charge in [0.1, 0.15) is 12.2 Å². The molecule has 1 atom stereocenters. The van der Waals surface area contributed by atoms with Gasteiger partial charge in [0, 0.05) is 0 Å². The van der Waals surface area contributed by atoms with E-state index in [-0.39, 0.29) is 0 Å². The summed E-state index contributed by atoms with van der Waals surface area (Å²) in [5.41, 5.74) is 0. The number of aromatic nitrogens is 3. The number of hydrogen-bond acceptors (Lipinski definition) is 3. The zero-order valence-electron chi connectivity index (χ0n) is 7.83. The van der Waals surface area contributed by atoms with E-state index in [1.807, 2.05) is 7.05 Å². The van der Waals surface area contributed by atoms with Crippen LogP contribution < -0.4 is 5.32 Å². The standard InChI is InChI=1S/C8H16N4/c1-6(2)4-7(9-3)8-10-5-11-12-8/h5-7,9H,4H2,1-3H3,(H,10,11,12). The highest BCUT2D eigenvalue weighted by Gasteiger charge is 2.12. The van der Waals surface area contributed by atoms with Crippen molar-refractivity contribution in [2.75, 3.05) is 7.05 Å². The summed E-state index contributed by atoms with van der Waals surface area (Å²) in [6, 6.07) is 0.299. The van der Waals surface area contributed by atoms with Crippen LogP contribution in [0.2, 0.25) is 0 Å². The molecule has 0 saturated heterocycles. The molecular formula is C8H16N4. The predicted octanol–water partition coefficient (Wildman–Crippen LogP) is 1.11. The Bertz CT molecular complexity index is 205. The van der Waals surface area contributed by atoms with E-state index >= 15 is 0 Å². The summed E-state index contributed by atoms with van der Waals surface area (Å²) in [6.45, 7) is 4.39. The van der Waals surface area contributed by atoms with Crippen molar-refractivity contribution >= 4 is 0 Å². The van der Waals surface area contributed by atoms with Crippen molar-refractivity contribution in [2.45, 2.75) is 26.3 Å². The van der Waals surface area contributed by atoms with Gasteiger partial charge in [-0.15, -0.1) is 0 Å². The molecule has 0 amide bonds. The molecule has 2 N–H and O–H groups in total. The molecule has 0 radical (unpaired) electrons. The number of H-pyrrole nitrogens is 1. The summed E-state index contributed by atoms with van der Waals surface area (Å²) in [5.74, 6) is 1.58. The van der Waals surface area contributed by atoms with Crippen molar-refractivity contribution in [3.63, 3.8) is 0 Å². The molecule has 4 heteroatoms. The zero-order chi connectivity index (χ0) is 8.97. The lowest BCUT2D eigenvalue weighted by Gasteiger charge is -2.14. The van der Waals surface area contributed by atoms with Gasteiger partial charge < -0.3 is 5.32 Å². The Morgan fingerprint density at radius 1 is 1.58 bits per heavy atom. The molecule has 68 valence electrons. The first-order valence-electron chi connectivity index (χ1n) is 4.26. The Hall–Kier alpha value is -0.900. The third-order valence-electron chi connectivity index (χ3n) is 1.82. The molecular weight excluding hydrogens is 152 g/mol. The number of nitrogens with one attached hydrogen (secondary N) is 2. The zero-order valence-corrected chi connectivity index (χ0v) is 7.83. The summed E-state index contributed by atoms with van der Waals surface area (Å²) >= 11 is 0. The molecule has 0 saturated carbocycles. The van der Waals surface area contributed by atoms with Crippen molar-refractivity contribution in [1.29, 1.82) is 0 Å². The van der Waals surface area contributed by atoms with E-state index in [1.165, 1.54) is 0 Å². The van der Waals surface area contributed by atoms with E-state index in [2.05, 4.69) is 34.3 Å². The van der Waals surface area contributed by atoms with E-state index in [0.29, 0.717) is 12.0 Å². The van der Waals surface area contributed by atoms with Gasteiger partial charge in [0.25, 0.3) is 0 Å². The molecule has 0 aliphatic carbocycles. The summed E-state index contributed by atoms with van der Waals surface area (Å²) in [6.07, 6.45) is 2.62. The second-order valence-electron chi connectivity index (χ2n) is 3.34. The molecule has 1 heterocycles. The summed E-state index contributed by atoms with van der Waals surface area (Å²) in [7, 11) is 1.94. The van der Waals surface area contributed by atoms with Crippen LogP contribution in [-0.2, 0) is 0 Å². The van der Waals surface area contributed by atoms with Crippen LogP contribution in [0.3, 0.4) is 0 Å². The average molecular weight is 168 g/mol. The van der Waals surface area contributed by atoms with Gasteiger partial charge in [0.2, 0.25) is 0 Å². The van der Waals surface area contributed by atoms with Gasteiger partial charge in [-0.3, -0.25) is 5.10 Å². The molecule has 0 fully saturated rings. The normalized spacial score (nSPS) is 13.7. The Kier molecular flexibility index (Phi) is 3.22. The predicted molar refractivity (Wildman–Crippen MR) is 47.6 cm³/mol. The average Bonchev–Trinajstić information content (AvgIpc) is 2.51. The van der Waals surface area contributed by atoms with Gasteiger partial charge in [-0.05, 0) is 19.4 Å². The van der Waals surface area contributed by atoms with Crippen molar-refractivity contribution < 1.29 is 0 Å². The quantitative estimate of drug-likeness (QED) is 0.708. The van der Waals surface area contributed by atoms with Gasteiger partial charge in [0.15, 0.2) is 0 Å². The van der Waals surface area contributed by atoms with Crippen LogP contribution >= 0.6 is 0 Å². The van der Waals surface area contributed by atoms with E-state index in [1.54, 1.807) is 6.33 Å². The lowest BCUT2D eigenvalue weighted by molar-refractivity contribution is 0.440. The van der Waals surface area contributed by atoms with Crippen molar-refractivity contribution in [3.05, 3.63) is 12.2 Å². The van der Waals surface area contributed by atoms with Crippen LogP contribution in [0.15, 0.2) is 6.33 Å². The first-order chi connectivity index (χ1) is 5.74. The molecule has 1 rings (SSSR count). The molecule has 0 aliphatic heterocycles. The minimum absolute atomic E-state index is 0.299. The maximum atomic E-state index is 4.11. The fourth-order valence-electron chi connectivity index (χ4n) is 1.22. The minimum atomic E-state index is 0.299. The first-order valence-corrected chi connectivity index (χ1v) is 4.26. The van der Waals surface area contributed by atoms with Crippen LogP contribution in [0.1, 0.15) is 32.1 Å².